The monoisotopic (exact) mass is 295 g/mol. The van der Waals surface area contributed by atoms with E-state index in [2.05, 4.69) is 15.4 Å². The minimum Gasteiger partial charge on any atom is -0.305 e. The van der Waals surface area contributed by atoms with E-state index in [-0.39, 0.29) is 17.2 Å². The summed E-state index contributed by atoms with van der Waals surface area (Å²) in [6.45, 7) is 2.19. The molecule has 2 aromatic rings. The highest BCUT2D eigenvalue weighted by Gasteiger charge is 2.25. The number of nitrogens with one attached hydrogen (secondary N) is 1. The van der Waals surface area contributed by atoms with Crippen molar-refractivity contribution in [1.29, 1.82) is 0 Å². The Morgan fingerprint density at radius 3 is 2.85 bits per heavy atom. The second kappa shape index (κ2) is 5.66. The van der Waals surface area contributed by atoms with Gasteiger partial charge in [0.25, 0.3) is 5.91 Å². The van der Waals surface area contributed by atoms with Crippen LogP contribution in [0.25, 0.3) is 0 Å². The number of halogens is 1. The molecule has 104 valence electrons. The molecule has 0 unspecified atom stereocenters. The van der Waals surface area contributed by atoms with Gasteiger partial charge < -0.3 is 5.32 Å². The van der Waals surface area contributed by atoms with Crippen LogP contribution in [0.4, 0.5) is 11.5 Å². The van der Waals surface area contributed by atoms with E-state index in [0.717, 1.165) is 0 Å². The van der Waals surface area contributed by atoms with E-state index in [1.807, 2.05) is 0 Å². The van der Waals surface area contributed by atoms with Crippen molar-refractivity contribution in [3.63, 3.8) is 0 Å². The van der Waals surface area contributed by atoms with Crippen molar-refractivity contribution in [2.75, 3.05) is 5.32 Å². The topological polar surface area (TPSA) is 103 Å². The van der Waals surface area contributed by atoms with Crippen LogP contribution in [-0.2, 0) is 6.54 Å². The highest BCUT2D eigenvalue weighted by Crippen LogP contribution is 2.18. The molecule has 0 aliphatic carbocycles. The van der Waals surface area contributed by atoms with E-state index in [1.54, 1.807) is 13.0 Å². The van der Waals surface area contributed by atoms with Gasteiger partial charge in [0.2, 0.25) is 5.69 Å². The number of aryl methyl sites for hydroxylation is 1. The summed E-state index contributed by atoms with van der Waals surface area (Å²) in [6, 6.07) is 3.03. The Morgan fingerprint density at radius 1 is 1.55 bits per heavy atom. The first-order valence-electron chi connectivity index (χ1n) is 5.66. The quantitative estimate of drug-likeness (QED) is 0.687. The van der Waals surface area contributed by atoms with Crippen molar-refractivity contribution in [1.82, 2.24) is 14.8 Å². The number of carbonyl (C=O) groups excluding carboxylic acids is 1. The second-order valence-corrected chi connectivity index (χ2v) is 4.23. The maximum atomic E-state index is 12.0. The molecule has 0 bridgehead atoms. The van der Waals surface area contributed by atoms with E-state index in [9.17, 15) is 14.9 Å². The van der Waals surface area contributed by atoms with Crippen LogP contribution < -0.4 is 5.32 Å². The smallest absolute Gasteiger partial charge is 0.305 e. The Kier molecular flexibility index (Phi) is 3.94. The molecule has 1 N–H and O–H groups in total. The molecule has 0 saturated heterocycles. The van der Waals surface area contributed by atoms with E-state index in [0.29, 0.717) is 11.6 Å². The highest BCUT2D eigenvalue weighted by atomic mass is 35.5. The Morgan fingerprint density at radius 2 is 2.30 bits per heavy atom. The van der Waals surface area contributed by atoms with Crippen LogP contribution in [-0.4, -0.2) is 25.6 Å². The lowest BCUT2D eigenvalue weighted by atomic mass is 10.3. The lowest BCUT2D eigenvalue weighted by molar-refractivity contribution is -0.385. The molecule has 0 aromatic carbocycles. The molecule has 0 fully saturated rings. The molecule has 0 atom stereocenters. The third-order valence-electron chi connectivity index (χ3n) is 2.45. The van der Waals surface area contributed by atoms with Crippen molar-refractivity contribution >= 4 is 29.0 Å². The number of hydrogen-bond donors (Lipinski definition) is 1. The maximum absolute atomic E-state index is 12.0. The predicted octanol–water partition coefficient (Wildman–Crippen LogP) is 2.11. The Labute approximate surface area is 118 Å². The first-order valence-corrected chi connectivity index (χ1v) is 6.03. The van der Waals surface area contributed by atoms with Crippen LogP contribution in [0.3, 0.4) is 0 Å². The zero-order valence-electron chi connectivity index (χ0n) is 10.4. The molecule has 1 amide bonds. The average molecular weight is 296 g/mol. The summed E-state index contributed by atoms with van der Waals surface area (Å²) in [7, 11) is 0. The molecular formula is C11H10ClN5O3. The first kappa shape index (κ1) is 13.9. The van der Waals surface area contributed by atoms with Gasteiger partial charge in [-0.15, -0.1) is 0 Å². The molecule has 2 heterocycles. The maximum Gasteiger partial charge on any atom is 0.320 e. The van der Waals surface area contributed by atoms with Gasteiger partial charge in [-0.3, -0.25) is 19.6 Å². The van der Waals surface area contributed by atoms with Crippen molar-refractivity contribution < 1.29 is 9.72 Å². The molecule has 8 nitrogen and oxygen atoms in total. The molecule has 0 aliphatic rings. The average Bonchev–Trinajstić information content (AvgIpc) is 2.86. The van der Waals surface area contributed by atoms with Gasteiger partial charge in [-0.2, -0.15) is 5.10 Å². The Balaban J connectivity index is 2.26. The van der Waals surface area contributed by atoms with Crippen molar-refractivity contribution in [3.05, 3.63) is 45.4 Å². The van der Waals surface area contributed by atoms with Crippen molar-refractivity contribution in [2.45, 2.75) is 13.5 Å². The van der Waals surface area contributed by atoms with Crippen LogP contribution in [0, 0.1) is 10.1 Å². The van der Waals surface area contributed by atoms with Gasteiger partial charge >= 0.3 is 5.69 Å². The minimum absolute atomic E-state index is 0.236. The van der Waals surface area contributed by atoms with Gasteiger partial charge in [-0.05, 0) is 19.1 Å². The third kappa shape index (κ3) is 2.91. The summed E-state index contributed by atoms with van der Waals surface area (Å²) in [4.78, 5) is 26.1. The predicted molar refractivity (Wildman–Crippen MR) is 71.8 cm³/mol. The first-order chi connectivity index (χ1) is 9.51. The number of anilines is 1. The molecule has 0 radical (unpaired) electrons. The fraction of sp³-hybridized carbons (Fsp3) is 0.182. The summed E-state index contributed by atoms with van der Waals surface area (Å²) < 4.78 is 1.32. The summed E-state index contributed by atoms with van der Waals surface area (Å²) in [5.41, 5.74) is -0.605. The van der Waals surface area contributed by atoms with Crippen LogP contribution in [0.2, 0.25) is 5.02 Å². The molecule has 0 saturated carbocycles. The van der Waals surface area contributed by atoms with E-state index in [1.165, 1.54) is 23.1 Å². The number of nitrogens with zero attached hydrogens (tertiary/aromatic N) is 4. The number of hydrogen-bond acceptors (Lipinski definition) is 5. The largest absolute Gasteiger partial charge is 0.320 e. The Hall–Kier alpha value is -2.48. The number of aromatic nitrogens is 3. The molecule has 20 heavy (non-hydrogen) atoms. The van der Waals surface area contributed by atoms with Crippen LogP contribution in [0.15, 0.2) is 24.5 Å². The van der Waals surface area contributed by atoms with E-state index < -0.39 is 10.8 Å². The van der Waals surface area contributed by atoms with Crippen LogP contribution in [0.1, 0.15) is 17.4 Å². The minimum atomic E-state index is -0.696. The number of nitro groups is 1. The van der Waals surface area contributed by atoms with Gasteiger partial charge in [0.15, 0.2) is 0 Å². The van der Waals surface area contributed by atoms with E-state index >= 15 is 0 Å². The van der Waals surface area contributed by atoms with E-state index in [4.69, 9.17) is 11.6 Å². The van der Waals surface area contributed by atoms with Crippen molar-refractivity contribution in [3.8, 4) is 0 Å². The molecule has 0 spiro atoms. The lowest BCUT2D eigenvalue weighted by Crippen LogP contribution is -2.15. The second-order valence-electron chi connectivity index (χ2n) is 3.79. The van der Waals surface area contributed by atoms with Gasteiger partial charge in [0, 0.05) is 12.7 Å². The zero-order valence-corrected chi connectivity index (χ0v) is 11.2. The zero-order chi connectivity index (χ0) is 14.7. The van der Waals surface area contributed by atoms with Crippen LogP contribution >= 0.6 is 11.6 Å². The molecular weight excluding hydrogens is 286 g/mol. The number of carbonyl (C=O) groups is 1. The lowest BCUT2D eigenvalue weighted by Gasteiger charge is -2.01. The van der Waals surface area contributed by atoms with Gasteiger partial charge in [-0.25, -0.2) is 4.98 Å². The van der Waals surface area contributed by atoms with Gasteiger partial charge in [-0.1, -0.05) is 11.6 Å². The Bertz CT molecular complexity index is 653. The molecule has 9 heteroatoms. The normalized spacial score (nSPS) is 10.3. The van der Waals surface area contributed by atoms with Crippen LogP contribution in [0.5, 0.6) is 0 Å². The summed E-state index contributed by atoms with van der Waals surface area (Å²) in [5.74, 6) is -0.460. The SMILES string of the molecule is CCn1cc([N+](=O)[O-])c(C(=O)Nc2ccc(Cl)cn2)n1. The third-order valence-corrected chi connectivity index (χ3v) is 2.67. The summed E-state index contributed by atoms with van der Waals surface area (Å²) >= 11 is 5.67. The molecule has 2 rings (SSSR count). The summed E-state index contributed by atoms with van der Waals surface area (Å²) in [6.07, 6.45) is 2.57. The standard InChI is InChI=1S/C11H10ClN5O3/c1-2-16-6-8(17(19)20)10(15-16)11(18)14-9-4-3-7(12)5-13-9/h3-6H,2H2,1H3,(H,13,14,18). The highest BCUT2D eigenvalue weighted by molar-refractivity contribution is 6.30. The number of pyridine rings is 1. The summed E-state index contributed by atoms with van der Waals surface area (Å²) in [5, 5.41) is 17.6. The fourth-order valence-electron chi connectivity index (χ4n) is 1.49. The van der Waals surface area contributed by atoms with Gasteiger partial charge in [0.1, 0.15) is 12.0 Å². The number of rotatable bonds is 4. The number of amides is 1. The fourth-order valence-corrected chi connectivity index (χ4v) is 1.61. The van der Waals surface area contributed by atoms with Crippen molar-refractivity contribution in [2.24, 2.45) is 0 Å². The molecule has 2 aromatic heterocycles. The molecule has 0 aliphatic heterocycles. The van der Waals surface area contributed by atoms with Gasteiger partial charge in [0.05, 0.1) is 9.95 Å².